The summed E-state index contributed by atoms with van der Waals surface area (Å²) in [5.41, 5.74) is 21.9. The fraction of sp³-hybridized carbons (Fsp3) is 0.732. The molecule has 0 saturated heterocycles. The summed E-state index contributed by atoms with van der Waals surface area (Å²) in [6, 6.07) is -17.1. The smallest absolute Gasteiger partial charge is 0.326 e. The minimum Gasteiger partial charge on any atom is -0.481 e. The number of unbranched alkanes of at least 4 members (excludes halogenated alkanes) is 1. The number of hydrogen-bond donors (Lipinski definition) is 19. The SMILES string of the molecule is CC[C@H](C)[C@H](NC(=O)[C@H](CCC(=O)O)NC(=O)[C@@H](N)CO)C(=O)N[C@@H](CC(=O)O)C(=O)N[C@@H](CC(C)C)C(=O)N[C@@H](CCSC)C(=O)N[C@H](C(=O)N[C@@H](CC(C)C)C(=O)N[C@@H](CC(=O)O)C(=O)N[C@@H](CCCN=C(N)N)C(=O)N[C@@H](CCCCN)C(=O)O)C(C)C. The highest BCUT2D eigenvalue weighted by Gasteiger charge is 2.38. The lowest BCUT2D eigenvalue weighted by molar-refractivity contribution is -0.143. The van der Waals surface area contributed by atoms with Gasteiger partial charge in [0.2, 0.25) is 59.1 Å². The maximum atomic E-state index is 14.3. The number of hydrogen-bond acceptors (Lipinski definition) is 19. The van der Waals surface area contributed by atoms with Crippen LogP contribution in [0.2, 0.25) is 0 Å². The van der Waals surface area contributed by atoms with E-state index in [0.29, 0.717) is 12.8 Å². The number of thioether (sulfide) groups is 1. The van der Waals surface area contributed by atoms with Gasteiger partial charge in [-0.15, -0.1) is 0 Å². The van der Waals surface area contributed by atoms with Crippen molar-refractivity contribution in [2.45, 2.75) is 205 Å². The van der Waals surface area contributed by atoms with Crippen molar-refractivity contribution in [3.05, 3.63) is 0 Å². The van der Waals surface area contributed by atoms with Crippen molar-refractivity contribution in [3.8, 4) is 0 Å². The molecule has 0 aliphatic carbocycles. The van der Waals surface area contributed by atoms with Gasteiger partial charge in [-0.25, -0.2) is 4.79 Å². The highest BCUT2D eigenvalue weighted by Crippen LogP contribution is 2.15. The number of carboxylic acids is 4. The lowest BCUT2D eigenvalue weighted by atomic mass is 9.96. The normalized spacial score (nSPS) is 15.2. The van der Waals surface area contributed by atoms with Gasteiger partial charge in [-0.05, 0) is 100 Å². The summed E-state index contributed by atoms with van der Waals surface area (Å²) in [4.78, 5) is 190. The summed E-state index contributed by atoms with van der Waals surface area (Å²) < 4.78 is 0. The largest absolute Gasteiger partial charge is 0.481 e. The Morgan fingerprint density at radius 1 is 0.462 bits per heavy atom. The third kappa shape index (κ3) is 33.6. The van der Waals surface area contributed by atoms with Crippen LogP contribution in [-0.2, 0) is 67.1 Å². The lowest BCUT2D eigenvalue weighted by Crippen LogP contribution is -2.62. The zero-order valence-electron chi connectivity index (χ0n) is 53.3. The Kier molecular flexibility index (Phi) is 39.9. The molecule has 12 atom stereocenters. The van der Waals surface area contributed by atoms with E-state index in [1.165, 1.54) is 18.7 Å². The van der Waals surface area contributed by atoms with Gasteiger partial charge in [0.25, 0.3) is 0 Å². The number of guanidine groups is 1. The number of nitrogens with zero attached hydrogens (tertiary/aromatic N) is 1. The van der Waals surface area contributed by atoms with Crippen molar-refractivity contribution in [2.75, 3.05) is 31.7 Å². The second-order valence-corrected chi connectivity index (χ2v) is 24.1. The summed E-state index contributed by atoms with van der Waals surface area (Å²) in [7, 11) is 0. The molecule has 0 heterocycles. The molecule has 91 heavy (non-hydrogen) atoms. The Morgan fingerprint density at radius 2 is 0.846 bits per heavy atom. The Labute approximate surface area is 533 Å². The first-order valence-electron chi connectivity index (χ1n) is 30.1. The molecule has 0 aromatic heterocycles. The van der Waals surface area contributed by atoms with Crippen LogP contribution in [0.4, 0.5) is 0 Å². The van der Waals surface area contributed by atoms with Gasteiger partial charge in [0.05, 0.1) is 19.4 Å². The van der Waals surface area contributed by atoms with Crippen LogP contribution in [0, 0.1) is 23.7 Å². The average molecular weight is 1320 g/mol. The second-order valence-electron chi connectivity index (χ2n) is 23.1. The third-order valence-corrected chi connectivity index (χ3v) is 14.6. The maximum absolute atomic E-state index is 14.3. The zero-order valence-corrected chi connectivity index (χ0v) is 54.1. The second kappa shape index (κ2) is 43.7. The van der Waals surface area contributed by atoms with E-state index in [9.17, 15) is 92.7 Å². The number of carbonyl (C=O) groups excluding carboxylic acids is 10. The Bertz CT molecular complexity index is 2490. The molecule has 0 aliphatic rings. The van der Waals surface area contributed by atoms with Crippen LogP contribution >= 0.6 is 11.8 Å². The molecule has 35 heteroatoms. The minimum absolute atomic E-state index is 0.0101. The van der Waals surface area contributed by atoms with Gasteiger partial charge >= 0.3 is 23.9 Å². The maximum Gasteiger partial charge on any atom is 0.326 e. The molecule has 0 spiro atoms. The summed E-state index contributed by atoms with van der Waals surface area (Å²) >= 11 is 1.29. The number of aliphatic hydroxyl groups excluding tert-OH is 1. The fourth-order valence-electron chi connectivity index (χ4n) is 8.73. The van der Waals surface area contributed by atoms with E-state index in [0.717, 1.165) is 0 Å². The van der Waals surface area contributed by atoms with Crippen molar-refractivity contribution in [1.82, 2.24) is 53.2 Å². The number of nitrogens with one attached hydrogen (secondary N) is 10. The highest BCUT2D eigenvalue weighted by atomic mass is 32.2. The zero-order chi connectivity index (χ0) is 69.8. The van der Waals surface area contributed by atoms with Gasteiger partial charge in [-0.1, -0.05) is 61.8 Å². The van der Waals surface area contributed by atoms with Gasteiger partial charge in [0.1, 0.15) is 66.5 Å². The molecule has 518 valence electrons. The summed E-state index contributed by atoms with van der Waals surface area (Å²) in [5, 5.41) is 72.5. The number of aliphatic hydroxyl groups is 1. The Morgan fingerprint density at radius 3 is 1.27 bits per heavy atom. The molecule has 0 aliphatic heterocycles. The summed E-state index contributed by atoms with van der Waals surface area (Å²) in [6.45, 7) is 12.5. The Hall–Kier alpha value is -7.92. The van der Waals surface area contributed by atoms with Gasteiger partial charge in [0.15, 0.2) is 5.96 Å². The van der Waals surface area contributed by atoms with Gasteiger partial charge in [0, 0.05) is 13.0 Å². The average Bonchev–Trinajstić information content (AvgIpc) is 1.24. The number of aliphatic carboxylic acids is 4. The molecule has 0 saturated carbocycles. The van der Waals surface area contributed by atoms with Crippen LogP contribution in [0.25, 0.3) is 0 Å². The van der Waals surface area contributed by atoms with Crippen molar-refractivity contribution in [2.24, 2.45) is 51.6 Å². The number of nitrogens with two attached hydrogens (primary N) is 4. The van der Waals surface area contributed by atoms with E-state index in [2.05, 4.69) is 58.2 Å². The van der Waals surface area contributed by atoms with Gasteiger partial charge in [-0.2, -0.15) is 11.8 Å². The molecular formula is C56H99N15O19S. The van der Waals surface area contributed by atoms with Crippen LogP contribution in [0.3, 0.4) is 0 Å². The molecule has 23 N–H and O–H groups in total. The van der Waals surface area contributed by atoms with Crippen molar-refractivity contribution >= 4 is 101 Å². The number of rotatable bonds is 47. The quantitative estimate of drug-likeness (QED) is 0.0156. The van der Waals surface area contributed by atoms with E-state index in [-0.39, 0.29) is 81.6 Å². The van der Waals surface area contributed by atoms with Crippen molar-refractivity contribution in [1.29, 1.82) is 0 Å². The number of amides is 10. The first-order chi connectivity index (χ1) is 42.5. The van der Waals surface area contributed by atoms with E-state index >= 15 is 0 Å². The van der Waals surface area contributed by atoms with E-state index in [1.807, 2.05) is 0 Å². The van der Waals surface area contributed by atoms with Gasteiger partial charge < -0.3 is 102 Å². The summed E-state index contributed by atoms with van der Waals surface area (Å²) in [5.74, 6) is -18.2. The highest BCUT2D eigenvalue weighted by molar-refractivity contribution is 7.98. The standard InChI is InChI=1S/C56H99N15O19S/c1-10-30(8)44(71-47(81)33(16-17-40(73)74)62-45(79)31(58)26-72)54(88)69-39(25-42(77)78)52(86)66-36(22-27(2)3)49(83)64-34(18-21-91-9)48(82)70-43(29(6)7)53(87)68-37(23-28(4)5)50(84)67-38(24-41(75)76)51(85)63-32(15-13-20-61-56(59)60)46(80)65-35(55(89)90)14-11-12-19-57/h27-39,43-44,72H,10-26,57-58H2,1-9H3,(H,62,79)(H,63,85)(H,64,83)(H,65,80)(H,66,86)(H,67,84)(H,68,87)(H,69,88)(H,70,82)(H,71,81)(H,73,74)(H,75,76)(H,77,78)(H,89,90)(H4,59,60,61)/t30-,31-,32-,33-,34-,35-,36-,37-,38-,39-,43-,44-/m0/s1. The molecule has 34 nitrogen and oxygen atoms in total. The molecule has 0 rings (SSSR count). The van der Waals surface area contributed by atoms with E-state index in [4.69, 9.17) is 22.9 Å². The predicted octanol–water partition coefficient (Wildman–Crippen LogP) is -4.22. The molecule has 0 unspecified atom stereocenters. The first-order valence-corrected chi connectivity index (χ1v) is 31.5. The number of carboxylic acid groups (broad SMARTS) is 4. The number of aliphatic imine (C=N–C) groups is 1. The molecule has 0 aromatic rings. The van der Waals surface area contributed by atoms with Crippen LogP contribution in [0.5, 0.6) is 0 Å². The van der Waals surface area contributed by atoms with Gasteiger partial charge in [-0.3, -0.25) is 67.3 Å². The fourth-order valence-corrected chi connectivity index (χ4v) is 9.20. The van der Waals surface area contributed by atoms with E-state index in [1.54, 1.807) is 54.7 Å². The molecule has 0 fully saturated rings. The summed E-state index contributed by atoms with van der Waals surface area (Å²) in [6.07, 6.45) is -0.835. The molecule has 10 amide bonds. The predicted molar refractivity (Wildman–Crippen MR) is 332 cm³/mol. The first kappa shape index (κ1) is 83.1. The third-order valence-electron chi connectivity index (χ3n) is 13.9. The van der Waals surface area contributed by atoms with Crippen molar-refractivity contribution < 1.29 is 92.7 Å². The van der Waals surface area contributed by atoms with Crippen LogP contribution in [0.15, 0.2) is 4.99 Å². The monoisotopic (exact) mass is 1320 g/mol. The lowest BCUT2D eigenvalue weighted by Gasteiger charge is -2.30. The van der Waals surface area contributed by atoms with Crippen molar-refractivity contribution in [3.63, 3.8) is 0 Å². The van der Waals surface area contributed by atoms with Crippen LogP contribution in [0.1, 0.15) is 139 Å². The minimum atomic E-state index is -1.90. The molecule has 0 bridgehead atoms. The Balaban J connectivity index is 6.91. The van der Waals surface area contributed by atoms with Crippen LogP contribution in [-0.4, -0.2) is 213 Å². The van der Waals surface area contributed by atoms with E-state index < -0.39 is 194 Å². The molecule has 0 radical (unpaired) electrons. The molecule has 0 aromatic carbocycles. The number of carbonyl (C=O) groups is 14. The molecular weight excluding hydrogens is 1220 g/mol. The van der Waals surface area contributed by atoms with Crippen LogP contribution < -0.4 is 76.1 Å². The topological polar surface area (TPSA) is 577 Å².